The van der Waals surface area contributed by atoms with Crippen molar-refractivity contribution < 1.29 is 17.6 Å². The minimum atomic E-state index is -4.51. The molecule has 0 amide bonds. The van der Waals surface area contributed by atoms with Crippen molar-refractivity contribution in [3.05, 3.63) is 53.1 Å². The van der Waals surface area contributed by atoms with Crippen LogP contribution in [0.25, 0.3) is 16.7 Å². The molecule has 3 nitrogen and oxygen atoms in total. The predicted octanol–water partition coefficient (Wildman–Crippen LogP) is 5.01. The Balaban J connectivity index is 2.40. The first kappa shape index (κ1) is 16.4. The van der Waals surface area contributed by atoms with Crippen LogP contribution in [0.15, 0.2) is 30.3 Å². The van der Waals surface area contributed by atoms with E-state index in [1.807, 2.05) is 0 Å². The number of alkyl halides is 3. The average molecular weight is 337 g/mol. The zero-order chi connectivity index (χ0) is 17.6. The van der Waals surface area contributed by atoms with Crippen LogP contribution in [-0.2, 0) is 6.18 Å². The molecule has 2 heterocycles. The van der Waals surface area contributed by atoms with Gasteiger partial charge in [0.15, 0.2) is 5.65 Å². The number of halogens is 4. The number of fused-ring (bicyclic) bond motifs is 1. The second-order valence-corrected chi connectivity index (χ2v) is 5.94. The molecular weight excluding hydrogens is 322 g/mol. The molecule has 0 bridgehead atoms. The van der Waals surface area contributed by atoms with Gasteiger partial charge in [-0.25, -0.2) is 14.1 Å². The summed E-state index contributed by atoms with van der Waals surface area (Å²) in [5.74, 6) is -0.654. The molecule has 0 saturated heterocycles. The summed E-state index contributed by atoms with van der Waals surface area (Å²) in [4.78, 5) is 4.26. The predicted molar refractivity (Wildman–Crippen MR) is 82.7 cm³/mol. The maximum absolute atomic E-state index is 13.5. The fourth-order valence-electron chi connectivity index (χ4n) is 2.66. The molecule has 0 aliphatic carbocycles. The summed E-state index contributed by atoms with van der Waals surface area (Å²) in [6.45, 7) is 5.05. The van der Waals surface area contributed by atoms with E-state index in [2.05, 4.69) is 10.1 Å². The van der Waals surface area contributed by atoms with Crippen molar-refractivity contribution in [1.82, 2.24) is 14.8 Å². The highest BCUT2D eigenvalue weighted by Gasteiger charge is 2.36. The molecule has 0 radical (unpaired) electrons. The van der Waals surface area contributed by atoms with Gasteiger partial charge in [-0.3, -0.25) is 0 Å². The summed E-state index contributed by atoms with van der Waals surface area (Å²) in [6, 6.07) is 6.42. The van der Waals surface area contributed by atoms with Crippen LogP contribution < -0.4 is 0 Å². The Morgan fingerprint density at radius 2 is 1.71 bits per heavy atom. The minimum absolute atomic E-state index is 0.00701. The van der Waals surface area contributed by atoms with E-state index in [4.69, 9.17) is 0 Å². The standard InChI is InChI=1S/C17H15F4N3/c1-9(2)15-14-13(17(19,20)21)8-10(3)22-16(14)24(23-15)12-6-4-11(18)5-7-12/h4-9H,1-3H3. The molecule has 3 rings (SSSR count). The maximum Gasteiger partial charge on any atom is 0.417 e. The summed E-state index contributed by atoms with van der Waals surface area (Å²) in [7, 11) is 0. The highest BCUT2D eigenvalue weighted by molar-refractivity contribution is 5.85. The Hall–Kier alpha value is -2.44. The molecule has 0 unspecified atom stereocenters. The molecular formula is C17H15F4N3. The molecule has 126 valence electrons. The number of aromatic nitrogens is 3. The zero-order valence-electron chi connectivity index (χ0n) is 13.3. The van der Waals surface area contributed by atoms with Gasteiger partial charge >= 0.3 is 6.18 Å². The first-order chi connectivity index (χ1) is 11.2. The van der Waals surface area contributed by atoms with Gasteiger partial charge in [0.1, 0.15) is 5.82 Å². The highest BCUT2D eigenvalue weighted by Crippen LogP contribution is 2.38. The van der Waals surface area contributed by atoms with Crippen molar-refractivity contribution in [2.24, 2.45) is 0 Å². The van der Waals surface area contributed by atoms with Crippen molar-refractivity contribution >= 4 is 11.0 Å². The summed E-state index contributed by atoms with van der Waals surface area (Å²) in [5.41, 5.74) is 0.391. The van der Waals surface area contributed by atoms with E-state index >= 15 is 0 Å². The van der Waals surface area contributed by atoms with Crippen LogP contribution >= 0.6 is 0 Å². The molecule has 0 fully saturated rings. The van der Waals surface area contributed by atoms with Crippen LogP contribution in [0.4, 0.5) is 17.6 Å². The third-order valence-electron chi connectivity index (χ3n) is 3.72. The number of pyridine rings is 1. The van der Waals surface area contributed by atoms with Gasteiger partial charge in [-0.05, 0) is 43.2 Å². The molecule has 0 aliphatic rings. The summed E-state index contributed by atoms with van der Waals surface area (Å²) < 4.78 is 55.0. The van der Waals surface area contributed by atoms with E-state index in [9.17, 15) is 17.6 Å². The summed E-state index contributed by atoms with van der Waals surface area (Å²) in [5, 5.41) is 4.33. The Morgan fingerprint density at radius 1 is 1.08 bits per heavy atom. The van der Waals surface area contributed by atoms with E-state index in [0.29, 0.717) is 11.4 Å². The van der Waals surface area contributed by atoms with E-state index in [0.717, 1.165) is 6.07 Å². The molecule has 24 heavy (non-hydrogen) atoms. The van der Waals surface area contributed by atoms with E-state index in [-0.39, 0.29) is 22.6 Å². The smallest absolute Gasteiger partial charge is 0.233 e. The number of rotatable bonds is 2. The van der Waals surface area contributed by atoms with Gasteiger partial charge in [0.05, 0.1) is 22.3 Å². The molecule has 1 aromatic carbocycles. The first-order valence-corrected chi connectivity index (χ1v) is 7.42. The van der Waals surface area contributed by atoms with Crippen molar-refractivity contribution in [3.63, 3.8) is 0 Å². The summed E-state index contributed by atoms with van der Waals surface area (Å²) >= 11 is 0. The number of aryl methyl sites for hydroxylation is 1. The normalized spacial score (nSPS) is 12.3. The number of hydrogen-bond acceptors (Lipinski definition) is 2. The molecule has 0 spiro atoms. The van der Waals surface area contributed by atoms with Gasteiger partial charge in [0.2, 0.25) is 0 Å². The Morgan fingerprint density at radius 3 is 2.25 bits per heavy atom. The molecule has 3 aromatic rings. The quantitative estimate of drug-likeness (QED) is 0.616. The third kappa shape index (κ3) is 2.74. The van der Waals surface area contributed by atoms with Gasteiger partial charge in [-0.1, -0.05) is 13.8 Å². The van der Waals surface area contributed by atoms with Crippen LogP contribution in [0.3, 0.4) is 0 Å². The molecule has 0 atom stereocenters. The number of hydrogen-bond donors (Lipinski definition) is 0. The van der Waals surface area contributed by atoms with Gasteiger partial charge in [-0.15, -0.1) is 0 Å². The average Bonchev–Trinajstić information content (AvgIpc) is 2.85. The second kappa shape index (κ2) is 5.58. The fraction of sp³-hybridized carbons (Fsp3) is 0.294. The molecule has 2 aromatic heterocycles. The van der Waals surface area contributed by atoms with Crippen LogP contribution in [0.1, 0.15) is 36.7 Å². The fourth-order valence-corrected chi connectivity index (χ4v) is 2.66. The van der Waals surface area contributed by atoms with Crippen molar-refractivity contribution in [2.45, 2.75) is 32.9 Å². The van der Waals surface area contributed by atoms with Gasteiger partial charge in [0.25, 0.3) is 0 Å². The van der Waals surface area contributed by atoms with E-state index in [1.165, 1.54) is 35.9 Å². The lowest BCUT2D eigenvalue weighted by Gasteiger charge is -2.11. The van der Waals surface area contributed by atoms with Crippen molar-refractivity contribution in [1.29, 1.82) is 0 Å². The molecule has 0 aliphatic heterocycles. The lowest BCUT2D eigenvalue weighted by atomic mass is 10.0. The van der Waals surface area contributed by atoms with Crippen molar-refractivity contribution in [3.8, 4) is 5.69 Å². The van der Waals surface area contributed by atoms with E-state index < -0.39 is 17.6 Å². The third-order valence-corrected chi connectivity index (χ3v) is 3.72. The zero-order valence-corrected chi connectivity index (χ0v) is 13.3. The van der Waals surface area contributed by atoms with Gasteiger partial charge in [-0.2, -0.15) is 18.3 Å². The van der Waals surface area contributed by atoms with Gasteiger partial charge in [0, 0.05) is 5.69 Å². The van der Waals surface area contributed by atoms with Crippen molar-refractivity contribution in [2.75, 3.05) is 0 Å². The largest absolute Gasteiger partial charge is 0.417 e. The topological polar surface area (TPSA) is 30.7 Å². The molecule has 7 heteroatoms. The Kier molecular flexibility index (Phi) is 3.81. The van der Waals surface area contributed by atoms with Crippen LogP contribution in [0.5, 0.6) is 0 Å². The van der Waals surface area contributed by atoms with Gasteiger partial charge < -0.3 is 0 Å². The van der Waals surface area contributed by atoms with E-state index in [1.54, 1.807) is 13.8 Å². The Labute approximate surface area is 135 Å². The van der Waals surface area contributed by atoms with Crippen LogP contribution in [-0.4, -0.2) is 14.8 Å². The molecule has 0 N–H and O–H groups in total. The summed E-state index contributed by atoms with van der Waals surface area (Å²) in [6.07, 6.45) is -4.51. The highest BCUT2D eigenvalue weighted by atomic mass is 19.4. The lowest BCUT2D eigenvalue weighted by Crippen LogP contribution is -2.08. The monoisotopic (exact) mass is 337 g/mol. The minimum Gasteiger partial charge on any atom is -0.233 e. The number of benzene rings is 1. The first-order valence-electron chi connectivity index (χ1n) is 7.42. The SMILES string of the molecule is Cc1cc(C(F)(F)F)c2c(C(C)C)nn(-c3ccc(F)cc3)c2n1. The van der Waals surface area contributed by atoms with Crippen LogP contribution in [0.2, 0.25) is 0 Å². The number of nitrogens with zero attached hydrogens (tertiary/aromatic N) is 3. The second-order valence-electron chi connectivity index (χ2n) is 5.94. The Bertz CT molecular complexity index is 893. The lowest BCUT2D eigenvalue weighted by molar-refractivity contribution is -0.136. The molecule has 0 saturated carbocycles. The maximum atomic E-state index is 13.5. The van der Waals surface area contributed by atoms with Crippen LogP contribution in [0, 0.1) is 12.7 Å².